The summed E-state index contributed by atoms with van der Waals surface area (Å²) < 4.78 is 5.19. The van der Waals surface area contributed by atoms with Crippen molar-refractivity contribution in [3.8, 4) is 11.5 Å². The molecule has 1 amide bonds. The number of rotatable bonds is 5. The molecule has 0 radical (unpaired) electrons. The number of carbonyl (C=O) groups is 1. The van der Waals surface area contributed by atoms with Crippen LogP contribution in [0.15, 0.2) is 28.9 Å². The van der Waals surface area contributed by atoms with Crippen molar-refractivity contribution >= 4 is 5.91 Å². The van der Waals surface area contributed by atoms with Gasteiger partial charge in [0.15, 0.2) is 0 Å². The molecule has 1 aliphatic heterocycles. The molecule has 7 heteroatoms. The van der Waals surface area contributed by atoms with Gasteiger partial charge >= 0.3 is 0 Å². The lowest BCUT2D eigenvalue weighted by Crippen LogP contribution is -2.51. The molecule has 1 saturated heterocycles. The minimum atomic E-state index is 0.0168. The maximum absolute atomic E-state index is 12.1. The zero-order valence-electron chi connectivity index (χ0n) is 13.2. The van der Waals surface area contributed by atoms with Gasteiger partial charge in [-0.25, -0.2) is 0 Å². The Morgan fingerprint density at radius 1 is 1.48 bits per heavy atom. The van der Waals surface area contributed by atoms with Crippen molar-refractivity contribution in [1.82, 2.24) is 25.8 Å². The van der Waals surface area contributed by atoms with E-state index in [2.05, 4.69) is 32.7 Å². The molecule has 1 aliphatic rings. The Bertz CT molecular complexity index is 643. The van der Waals surface area contributed by atoms with Crippen molar-refractivity contribution in [2.75, 3.05) is 6.54 Å². The molecule has 1 fully saturated rings. The highest BCUT2D eigenvalue weighted by Gasteiger charge is 2.22. The van der Waals surface area contributed by atoms with Gasteiger partial charge in [-0.3, -0.25) is 9.78 Å². The van der Waals surface area contributed by atoms with E-state index in [1.54, 1.807) is 6.20 Å². The molecule has 2 unspecified atom stereocenters. The summed E-state index contributed by atoms with van der Waals surface area (Å²) in [6.07, 6.45) is 4.56. The Balaban J connectivity index is 1.50. The van der Waals surface area contributed by atoms with E-state index in [-0.39, 0.29) is 11.9 Å². The fourth-order valence-corrected chi connectivity index (χ4v) is 2.70. The van der Waals surface area contributed by atoms with E-state index in [0.717, 1.165) is 19.4 Å². The molecule has 122 valence electrons. The van der Waals surface area contributed by atoms with Crippen molar-refractivity contribution in [1.29, 1.82) is 0 Å². The van der Waals surface area contributed by atoms with Crippen LogP contribution >= 0.6 is 0 Å². The van der Waals surface area contributed by atoms with Gasteiger partial charge in [0.05, 0.1) is 0 Å². The van der Waals surface area contributed by atoms with E-state index in [1.165, 1.54) is 0 Å². The van der Waals surface area contributed by atoms with E-state index >= 15 is 0 Å². The molecule has 3 heterocycles. The molecule has 2 N–H and O–H groups in total. The molecular formula is C16H21N5O2. The average molecular weight is 315 g/mol. The van der Waals surface area contributed by atoms with E-state index in [0.29, 0.717) is 36.3 Å². The SMILES string of the molecule is CC1NCCCC1NC(=O)CCc1nc(-c2ccccn2)no1. The van der Waals surface area contributed by atoms with E-state index < -0.39 is 0 Å². The Morgan fingerprint density at radius 3 is 3.17 bits per heavy atom. The van der Waals surface area contributed by atoms with Gasteiger partial charge in [0.1, 0.15) is 5.69 Å². The van der Waals surface area contributed by atoms with Crippen LogP contribution in [0.5, 0.6) is 0 Å². The first-order valence-corrected chi connectivity index (χ1v) is 7.99. The fourth-order valence-electron chi connectivity index (χ4n) is 2.70. The van der Waals surface area contributed by atoms with Crippen LogP contribution in [0.4, 0.5) is 0 Å². The van der Waals surface area contributed by atoms with Crippen molar-refractivity contribution in [3.63, 3.8) is 0 Å². The number of hydrogen-bond acceptors (Lipinski definition) is 6. The van der Waals surface area contributed by atoms with Crippen LogP contribution in [0, 0.1) is 0 Å². The molecule has 3 rings (SSSR count). The zero-order valence-corrected chi connectivity index (χ0v) is 13.2. The molecule has 2 aromatic rings. The molecule has 0 spiro atoms. The highest BCUT2D eigenvalue weighted by molar-refractivity contribution is 5.76. The number of carbonyl (C=O) groups excluding carboxylic acids is 1. The zero-order chi connectivity index (χ0) is 16.1. The third-order valence-corrected chi connectivity index (χ3v) is 4.04. The van der Waals surface area contributed by atoms with Crippen LogP contribution in [0.1, 0.15) is 32.1 Å². The van der Waals surface area contributed by atoms with Gasteiger partial charge in [-0.2, -0.15) is 4.98 Å². The van der Waals surface area contributed by atoms with E-state index in [1.807, 2.05) is 18.2 Å². The summed E-state index contributed by atoms with van der Waals surface area (Å²) in [6, 6.07) is 6.02. The number of hydrogen-bond donors (Lipinski definition) is 2. The standard InChI is InChI=1S/C16H21N5O2/c1-11-12(6-4-10-17-11)19-14(22)7-8-15-20-16(21-23-15)13-5-2-3-9-18-13/h2-3,5,9,11-12,17H,4,6-8,10H2,1H3,(H,19,22). The first-order chi connectivity index (χ1) is 11.2. The van der Waals surface area contributed by atoms with Crippen LogP contribution in [0.2, 0.25) is 0 Å². The van der Waals surface area contributed by atoms with Gasteiger partial charge < -0.3 is 15.2 Å². The van der Waals surface area contributed by atoms with Crippen LogP contribution in [-0.2, 0) is 11.2 Å². The monoisotopic (exact) mass is 315 g/mol. The predicted molar refractivity (Wildman–Crippen MR) is 84.5 cm³/mol. The van der Waals surface area contributed by atoms with Crippen LogP contribution in [0.3, 0.4) is 0 Å². The number of nitrogens with zero attached hydrogens (tertiary/aromatic N) is 3. The topological polar surface area (TPSA) is 92.9 Å². The Morgan fingerprint density at radius 2 is 2.39 bits per heavy atom. The number of nitrogens with one attached hydrogen (secondary N) is 2. The lowest BCUT2D eigenvalue weighted by Gasteiger charge is -2.30. The van der Waals surface area contributed by atoms with Gasteiger partial charge in [0.2, 0.25) is 17.6 Å². The number of pyridine rings is 1. The smallest absolute Gasteiger partial charge is 0.227 e. The van der Waals surface area contributed by atoms with Crippen molar-refractivity contribution in [2.45, 2.75) is 44.7 Å². The number of aromatic nitrogens is 3. The summed E-state index contributed by atoms with van der Waals surface area (Å²) in [5, 5.41) is 10.3. The Labute approximate surface area is 134 Å². The second kappa shape index (κ2) is 7.32. The van der Waals surface area contributed by atoms with Crippen LogP contribution in [-0.4, -0.2) is 39.7 Å². The minimum Gasteiger partial charge on any atom is -0.352 e. The highest BCUT2D eigenvalue weighted by Crippen LogP contribution is 2.13. The lowest BCUT2D eigenvalue weighted by molar-refractivity contribution is -0.122. The van der Waals surface area contributed by atoms with E-state index in [9.17, 15) is 4.79 Å². The lowest BCUT2D eigenvalue weighted by atomic mass is 10.00. The van der Waals surface area contributed by atoms with E-state index in [4.69, 9.17) is 4.52 Å². The first kappa shape index (κ1) is 15.6. The minimum absolute atomic E-state index is 0.0168. The van der Waals surface area contributed by atoms with Gasteiger partial charge in [-0.15, -0.1) is 0 Å². The van der Waals surface area contributed by atoms with Gasteiger partial charge in [0, 0.05) is 31.1 Å². The summed E-state index contributed by atoms with van der Waals surface area (Å²) in [6.45, 7) is 3.12. The predicted octanol–water partition coefficient (Wildman–Crippen LogP) is 1.32. The van der Waals surface area contributed by atoms with Crippen molar-refractivity contribution < 1.29 is 9.32 Å². The summed E-state index contributed by atoms with van der Waals surface area (Å²) >= 11 is 0. The summed E-state index contributed by atoms with van der Waals surface area (Å²) in [7, 11) is 0. The summed E-state index contributed by atoms with van der Waals surface area (Å²) in [5.74, 6) is 0.921. The molecule has 2 aromatic heterocycles. The van der Waals surface area contributed by atoms with Crippen LogP contribution < -0.4 is 10.6 Å². The molecule has 0 bridgehead atoms. The van der Waals surface area contributed by atoms with Crippen LogP contribution in [0.25, 0.3) is 11.5 Å². The second-order valence-corrected chi connectivity index (χ2v) is 5.79. The van der Waals surface area contributed by atoms with Gasteiger partial charge in [-0.05, 0) is 38.4 Å². The molecule has 2 atom stereocenters. The molecule has 7 nitrogen and oxygen atoms in total. The third-order valence-electron chi connectivity index (χ3n) is 4.04. The maximum atomic E-state index is 12.1. The summed E-state index contributed by atoms with van der Waals surface area (Å²) in [5.41, 5.74) is 0.661. The highest BCUT2D eigenvalue weighted by atomic mass is 16.5. The van der Waals surface area contributed by atoms with Crippen molar-refractivity contribution in [2.24, 2.45) is 0 Å². The first-order valence-electron chi connectivity index (χ1n) is 7.99. The fraction of sp³-hybridized carbons (Fsp3) is 0.500. The molecule has 0 saturated carbocycles. The number of aryl methyl sites for hydroxylation is 1. The largest absolute Gasteiger partial charge is 0.352 e. The molecule has 0 aromatic carbocycles. The second-order valence-electron chi connectivity index (χ2n) is 5.79. The Hall–Kier alpha value is -2.28. The molecule has 0 aliphatic carbocycles. The van der Waals surface area contributed by atoms with Gasteiger partial charge in [-0.1, -0.05) is 11.2 Å². The van der Waals surface area contributed by atoms with Gasteiger partial charge in [0.25, 0.3) is 0 Å². The molecule has 23 heavy (non-hydrogen) atoms. The van der Waals surface area contributed by atoms with Crippen molar-refractivity contribution in [3.05, 3.63) is 30.3 Å². The Kier molecular flexibility index (Phi) is 4.97. The third kappa shape index (κ3) is 4.13. The average Bonchev–Trinajstić information content (AvgIpc) is 3.05. The maximum Gasteiger partial charge on any atom is 0.227 e. The quantitative estimate of drug-likeness (QED) is 0.864. The molecular weight excluding hydrogens is 294 g/mol. The summed E-state index contributed by atoms with van der Waals surface area (Å²) in [4.78, 5) is 20.5. The number of amides is 1. The normalized spacial score (nSPS) is 21.1. The number of piperidine rings is 1.